The lowest BCUT2D eigenvalue weighted by Crippen LogP contribution is -2.49. The number of hydrogen-bond donors (Lipinski definition) is 0. The number of hydrogen-bond acceptors (Lipinski definition) is 5. The van der Waals surface area contributed by atoms with Crippen molar-refractivity contribution in [2.24, 2.45) is 0 Å². The Hall–Kier alpha value is -2.73. The molecule has 0 radical (unpaired) electrons. The first-order valence-electron chi connectivity index (χ1n) is 9.78. The highest BCUT2D eigenvalue weighted by atomic mass is 16.5. The zero-order valence-corrected chi connectivity index (χ0v) is 16.4. The molecule has 0 N–H and O–H groups in total. The predicted molar refractivity (Wildman–Crippen MR) is 105 cm³/mol. The fourth-order valence-corrected chi connectivity index (χ4v) is 4.79. The van der Waals surface area contributed by atoms with Crippen molar-refractivity contribution in [2.45, 2.75) is 50.2 Å². The molecule has 2 aliphatic carbocycles. The van der Waals surface area contributed by atoms with Crippen LogP contribution < -0.4 is 0 Å². The van der Waals surface area contributed by atoms with Crippen LogP contribution >= 0.6 is 0 Å². The average Bonchev–Trinajstić information content (AvgIpc) is 3.26. The smallest absolute Gasteiger partial charge is 0.251 e. The van der Waals surface area contributed by atoms with Crippen molar-refractivity contribution in [2.75, 3.05) is 7.05 Å². The number of rotatable bonds is 2. The number of amides is 1. The largest absolute Gasteiger partial charge is 0.340 e. The summed E-state index contributed by atoms with van der Waals surface area (Å²) in [5.74, 6) is 1.29. The minimum atomic E-state index is -0.322. The molecule has 28 heavy (non-hydrogen) atoms. The van der Waals surface area contributed by atoms with Crippen LogP contribution in [0, 0.1) is 6.92 Å². The van der Waals surface area contributed by atoms with Gasteiger partial charge >= 0.3 is 0 Å². The van der Waals surface area contributed by atoms with Crippen molar-refractivity contribution >= 4 is 5.91 Å². The molecule has 6 nitrogen and oxygen atoms in total. The topological polar surface area (TPSA) is 62.5 Å². The van der Waals surface area contributed by atoms with Crippen molar-refractivity contribution in [3.8, 4) is 0 Å². The number of nitrogens with zero attached hydrogens (tertiary/aromatic N) is 4. The molecule has 6 heteroatoms. The second-order valence-electron chi connectivity index (χ2n) is 8.24. The van der Waals surface area contributed by atoms with Crippen LogP contribution in [-0.4, -0.2) is 51.0 Å². The van der Waals surface area contributed by atoms with Crippen LogP contribution in [0.1, 0.15) is 31.5 Å². The van der Waals surface area contributed by atoms with Gasteiger partial charge in [0.05, 0.1) is 17.5 Å². The van der Waals surface area contributed by atoms with Gasteiger partial charge in [0.15, 0.2) is 5.82 Å². The summed E-state index contributed by atoms with van der Waals surface area (Å²) >= 11 is 0. The average molecular weight is 376 g/mol. The Balaban J connectivity index is 1.48. The summed E-state index contributed by atoms with van der Waals surface area (Å²) in [6, 6.07) is 0.611. The maximum Gasteiger partial charge on any atom is 0.251 e. The molecule has 0 saturated carbocycles. The summed E-state index contributed by atoms with van der Waals surface area (Å²) in [5, 5.41) is 4.10. The summed E-state index contributed by atoms with van der Waals surface area (Å²) < 4.78 is 5.16. The molecule has 4 unspecified atom stereocenters. The fourth-order valence-electron chi connectivity index (χ4n) is 4.79. The van der Waals surface area contributed by atoms with E-state index in [0.717, 1.165) is 18.5 Å². The third-order valence-electron chi connectivity index (χ3n) is 6.42. The highest BCUT2D eigenvalue weighted by molar-refractivity contribution is 5.91. The first-order valence-corrected chi connectivity index (χ1v) is 9.78. The molecule has 2 aliphatic heterocycles. The third-order valence-corrected chi connectivity index (χ3v) is 6.42. The molecule has 1 amide bonds. The minimum Gasteiger partial charge on any atom is -0.340 e. The van der Waals surface area contributed by atoms with Crippen molar-refractivity contribution in [3.63, 3.8) is 0 Å². The van der Waals surface area contributed by atoms with Crippen molar-refractivity contribution in [1.29, 1.82) is 0 Å². The number of likely N-dealkylation sites (tertiary alicyclic amines) is 1. The van der Waals surface area contributed by atoms with E-state index in [2.05, 4.69) is 65.5 Å². The molecule has 4 aliphatic rings. The normalized spacial score (nSPS) is 34.3. The SMILES string of the molecule is Cc1nc(C2(C)C=CC(N3C(=O)C=CC4C3C3=CC=CCC3N4C)=CC2)no1. The van der Waals surface area contributed by atoms with Gasteiger partial charge in [0.1, 0.15) is 0 Å². The molecule has 1 fully saturated rings. The van der Waals surface area contributed by atoms with Gasteiger partial charge in [-0.1, -0.05) is 41.6 Å². The summed E-state index contributed by atoms with van der Waals surface area (Å²) in [5.41, 5.74) is 1.95. The lowest BCUT2D eigenvalue weighted by Gasteiger charge is -2.38. The van der Waals surface area contributed by atoms with E-state index >= 15 is 0 Å². The Morgan fingerprint density at radius 3 is 2.89 bits per heavy atom. The first-order chi connectivity index (χ1) is 13.5. The Morgan fingerprint density at radius 2 is 2.18 bits per heavy atom. The molecule has 0 aromatic carbocycles. The Labute approximate surface area is 164 Å². The van der Waals surface area contributed by atoms with Crippen molar-refractivity contribution in [3.05, 3.63) is 71.6 Å². The first kappa shape index (κ1) is 17.4. The Kier molecular flexibility index (Phi) is 3.81. The lowest BCUT2D eigenvalue weighted by molar-refractivity contribution is -0.126. The van der Waals surface area contributed by atoms with E-state index in [1.807, 2.05) is 11.0 Å². The molecular formula is C22H24N4O2. The highest BCUT2D eigenvalue weighted by Crippen LogP contribution is 2.41. The molecule has 144 valence electrons. The molecule has 3 heterocycles. The fraction of sp³-hybridized carbons (Fsp3) is 0.409. The molecule has 1 aromatic rings. The molecular weight excluding hydrogens is 352 g/mol. The van der Waals surface area contributed by atoms with Gasteiger partial charge in [0.2, 0.25) is 5.89 Å². The van der Waals surface area contributed by atoms with Crippen LogP contribution in [0.3, 0.4) is 0 Å². The van der Waals surface area contributed by atoms with E-state index < -0.39 is 0 Å². The van der Waals surface area contributed by atoms with Gasteiger partial charge in [-0.15, -0.1) is 0 Å². The molecule has 1 saturated heterocycles. The van der Waals surface area contributed by atoms with E-state index in [0.29, 0.717) is 17.8 Å². The van der Waals surface area contributed by atoms with Gasteiger partial charge in [-0.3, -0.25) is 9.69 Å². The van der Waals surface area contributed by atoms with E-state index in [1.54, 1.807) is 13.0 Å². The molecule has 0 bridgehead atoms. The number of aryl methyl sites for hydroxylation is 1. The summed E-state index contributed by atoms with van der Waals surface area (Å²) in [7, 11) is 2.15. The maximum atomic E-state index is 12.9. The van der Waals surface area contributed by atoms with Crippen LogP contribution in [0.4, 0.5) is 0 Å². The number of likely N-dealkylation sites (N-methyl/N-ethyl adjacent to an activating group) is 1. The number of carbonyl (C=O) groups is 1. The molecule has 4 atom stereocenters. The second-order valence-corrected chi connectivity index (χ2v) is 8.24. The predicted octanol–water partition coefficient (Wildman–Crippen LogP) is 2.82. The second kappa shape index (κ2) is 6.14. The van der Waals surface area contributed by atoms with Crippen LogP contribution in [0.25, 0.3) is 0 Å². The van der Waals surface area contributed by atoms with Crippen molar-refractivity contribution in [1.82, 2.24) is 19.9 Å². The number of carbonyl (C=O) groups excluding carboxylic acids is 1. The summed E-state index contributed by atoms with van der Waals surface area (Å²) in [4.78, 5) is 21.7. The van der Waals surface area contributed by atoms with Crippen LogP contribution in [0.5, 0.6) is 0 Å². The van der Waals surface area contributed by atoms with Gasteiger partial charge in [0.25, 0.3) is 5.91 Å². The Morgan fingerprint density at radius 1 is 1.32 bits per heavy atom. The van der Waals surface area contributed by atoms with E-state index in [4.69, 9.17) is 4.52 Å². The Bertz CT molecular complexity index is 982. The molecule has 1 aromatic heterocycles. The van der Waals surface area contributed by atoms with Crippen LogP contribution in [0.15, 0.2) is 64.4 Å². The monoisotopic (exact) mass is 376 g/mol. The van der Waals surface area contributed by atoms with Gasteiger partial charge in [-0.25, -0.2) is 0 Å². The molecule has 0 spiro atoms. The quantitative estimate of drug-likeness (QED) is 0.794. The van der Waals surface area contributed by atoms with Crippen LogP contribution in [-0.2, 0) is 10.2 Å². The number of allylic oxidation sites excluding steroid dienone is 5. The van der Waals surface area contributed by atoms with Gasteiger partial charge in [-0.05, 0) is 38.5 Å². The van der Waals surface area contributed by atoms with E-state index in [-0.39, 0.29) is 23.4 Å². The number of aromatic nitrogens is 2. The van der Waals surface area contributed by atoms with Gasteiger partial charge in [0, 0.05) is 24.7 Å². The van der Waals surface area contributed by atoms with E-state index in [1.165, 1.54) is 5.57 Å². The van der Waals surface area contributed by atoms with Crippen LogP contribution in [0.2, 0.25) is 0 Å². The lowest BCUT2D eigenvalue weighted by atomic mass is 9.81. The zero-order chi connectivity index (χ0) is 19.5. The summed E-state index contributed by atoms with van der Waals surface area (Å²) in [6.45, 7) is 3.89. The van der Waals surface area contributed by atoms with Gasteiger partial charge < -0.3 is 9.42 Å². The summed E-state index contributed by atoms with van der Waals surface area (Å²) in [6.07, 6.45) is 18.3. The highest BCUT2D eigenvalue weighted by Gasteiger charge is 2.48. The van der Waals surface area contributed by atoms with Gasteiger partial charge in [-0.2, -0.15) is 4.98 Å². The minimum absolute atomic E-state index is 0.0423. The third kappa shape index (κ3) is 2.48. The molecule has 5 rings (SSSR count). The maximum absolute atomic E-state index is 12.9. The van der Waals surface area contributed by atoms with E-state index in [9.17, 15) is 4.79 Å². The number of fused-ring (bicyclic) bond motifs is 3. The zero-order valence-electron chi connectivity index (χ0n) is 16.4. The standard InChI is InChI=1S/C22H24N4O2/c1-14-23-21(24-28-14)22(2)12-10-15(11-13-22)26-19(27)9-8-18-20(26)16-6-4-5-7-17(16)25(18)3/h4-6,8-12,17-18,20H,7,13H2,1-3H3. The van der Waals surface area contributed by atoms with Crippen molar-refractivity contribution < 1.29 is 9.32 Å².